The molecule has 0 aliphatic carbocycles. The normalized spacial score (nSPS) is 10.5. The lowest BCUT2D eigenvalue weighted by Gasteiger charge is -2.11. The predicted octanol–water partition coefficient (Wildman–Crippen LogP) is 6.70. The van der Waals surface area contributed by atoms with Crippen LogP contribution in [-0.2, 0) is 0 Å². The zero-order chi connectivity index (χ0) is 22.5. The maximum Gasteiger partial charge on any atom is 0.123 e. The summed E-state index contributed by atoms with van der Waals surface area (Å²) in [5.41, 5.74) is 9.93. The van der Waals surface area contributed by atoms with E-state index >= 15 is 0 Å². The van der Waals surface area contributed by atoms with Crippen LogP contribution in [0.2, 0.25) is 0 Å². The third kappa shape index (κ3) is 4.42. The molecule has 1 aromatic heterocycles. The lowest BCUT2D eigenvalue weighted by Crippen LogP contribution is -2.03. The topological polar surface area (TPSA) is 30.7 Å². The highest BCUT2D eigenvalue weighted by atomic mass is 19.1. The van der Waals surface area contributed by atoms with Crippen LogP contribution in [0.1, 0.15) is 16.7 Å². The SMILES string of the molecule is Fc1ccc(-c2cnnn2C(=C=C(c2ccccc2)c2ccccc2)c2ccccc2)cc1. The molecule has 0 saturated carbocycles. The number of hydrogen-bond acceptors (Lipinski definition) is 2. The summed E-state index contributed by atoms with van der Waals surface area (Å²) < 4.78 is 15.3. The summed E-state index contributed by atoms with van der Waals surface area (Å²) in [4.78, 5) is 0. The van der Waals surface area contributed by atoms with Gasteiger partial charge in [0.25, 0.3) is 0 Å². The second-order valence-corrected chi connectivity index (χ2v) is 7.48. The molecule has 0 amide bonds. The van der Waals surface area contributed by atoms with Crippen LogP contribution in [0.4, 0.5) is 4.39 Å². The van der Waals surface area contributed by atoms with Crippen molar-refractivity contribution in [1.29, 1.82) is 0 Å². The first-order chi connectivity index (χ1) is 16.3. The Bertz CT molecular complexity index is 1370. The summed E-state index contributed by atoms with van der Waals surface area (Å²) in [5, 5.41) is 8.56. The van der Waals surface area contributed by atoms with Crippen LogP contribution in [-0.4, -0.2) is 15.0 Å². The molecule has 4 heteroatoms. The van der Waals surface area contributed by atoms with Gasteiger partial charge in [0, 0.05) is 16.7 Å². The maximum atomic E-state index is 13.5. The van der Waals surface area contributed by atoms with Crippen molar-refractivity contribution in [3.05, 3.63) is 150 Å². The molecule has 1 heterocycles. The van der Waals surface area contributed by atoms with E-state index in [1.54, 1.807) is 23.0 Å². The van der Waals surface area contributed by atoms with Gasteiger partial charge in [0.15, 0.2) is 0 Å². The first-order valence-corrected chi connectivity index (χ1v) is 10.6. The number of nitrogens with zero attached hydrogens (tertiary/aromatic N) is 3. The Morgan fingerprint density at radius 3 is 1.70 bits per heavy atom. The van der Waals surface area contributed by atoms with Crippen LogP contribution < -0.4 is 0 Å². The third-order valence-corrected chi connectivity index (χ3v) is 5.32. The van der Waals surface area contributed by atoms with Gasteiger partial charge in [-0.1, -0.05) is 102 Å². The lowest BCUT2D eigenvalue weighted by molar-refractivity contribution is 0.628. The Kier molecular flexibility index (Phi) is 5.75. The van der Waals surface area contributed by atoms with Crippen molar-refractivity contribution in [2.75, 3.05) is 0 Å². The first-order valence-electron chi connectivity index (χ1n) is 10.6. The quantitative estimate of drug-likeness (QED) is 0.291. The van der Waals surface area contributed by atoms with Crippen molar-refractivity contribution in [3.8, 4) is 11.3 Å². The highest BCUT2D eigenvalue weighted by Crippen LogP contribution is 2.28. The highest BCUT2D eigenvalue weighted by molar-refractivity contribution is 5.84. The van der Waals surface area contributed by atoms with Gasteiger partial charge < -0.3 is 0 Å². The Labute approximate surface area is 191 Å². The first kappa shape index (κ1) is 20.4. The minimum Gasteiger partial charge on any atom is -0.207 e. The fourth-order valence-corrected chi connectivity index (χ4v) is 3.70. The summed E-state index contributed by atoms with van der Waals surface area (Å²) in [6.45, 7) is 0. The molecule has 33 heavy (non-hydrogen) atoms. The average Bonchev–Trinajstić information content (AvgIpc) is 3.36. The number of hydrogen-bond donors (Lipinski definition) is 0. The molecule has 0 unspecified atom stereocenters. The van der Waals surface area contributed by atoms with E-state index in [0.717, 1.165) is 39.2 Å². The van der Waals surface area contributed by atoms with Crippen LogP contribution in [0.15, 0.2) is 127 Å². The van der Waals surface area contributed by atoms with Gasteiger partial charge >= 0.3 is 0 Å². The number of aromatic nitrogens is 3. The Morgan fingerprint density at radius 2 is 1.15 bits per heavy atom. The van der Waals surface area contributed by atoms with E-state index < -0.39 is 0 Å². The van der Waals surface area contributed by atoms with Gasteiger partial charge in [-0.25, -0.2) is 9.07 Å². The zero-order valence-corrected chi connectivity index (χ0v) is 17.8. The highest BCUT2D eigenvalue weighted by Gasteiger charge is 2.14. The van der Waals surface area contributed by atoms with Gasteiger partial charge in [0.2, 0.25) is 0 Å². The largest absolute Gasteiger partial charge is 0.207 e. The summed E-state index contributed by atoms with van der Waals surface area (Å²) in [7, 11) is 0. The van der Waals surface area contributed by atoms with Gasteiger partial charge in [0.1, 0.15) is 11.5 Å². The summed E-state index contributed by atoms with van der Waals surface area (Å²) in [6, 6.07) is 36.6. The molecule has 4 aromatic carbocycles. The summed E-state index contributed by atoms with van der Waals surface area (Å²) in [5.74, 6) is -0.285. The molecular formula is C29H20FN3. The second kappa shape index (κ2) is 9.31. The Balaban J connectivity index is 1.82. The van der Waals surface area contributed by atoms with E-state index in [9.17, 15) is 4.39 Å². The van der Waals surface area contributed by atoms with E-state index in [4.69, 9.17) is 0 Å². The van der Waals surface area contributed by atoms with Crippen molar-refractivity contribution in [2.45, 2.75) is 0 Å². The van der Waals surface area contributed by atoms with E-state index in [1.165, 1.54) is 12.1 Å². The summed E-state index contributed by atoms with van der Waals surface area (Å²) in [6.07, 6.45) is 1.68. The van der Waals surface area contributed by atoms with Crippen LogP contribution in [0.25, 0.3) is 22.5 Å². The minimum absolute atomic E-state index is 0.285. The number of benzene rings is 4. The average molecular weight is 429 g/mol. The molecule has 5 rings (SSSR count). The molecule has 0 spiro atoms. The van der Waals surface area contributed by atoms with Crippen molar-refractivity contribution >= 4 is 11.3 Å². The van der Waals surface area contributed by atoms with Gasteiger partial charge in [-0.05, 0) is 35.4 Å². The molecule has 0 aliphatic heterocycles. The maximum absolute atomic E-state index is 13.5. The lowest BCUT2D eigenvalue weighted by atomic mass is 9.98. The number of halogens is 1. The van der Waals surface area contributed by atoms with Gasteiger partial charge in [0.05, 0.1) is 11.9 Å². The molecule has 0 radical (unpaired) electrons. The Hall–Kier alpha value is -4.53. The molecular weight excluding hydrogens is 409 g/mol. The van der Waals surface area contributed by atoms with Gasteiger partial charge in [-0.2, -0.15) is 0 Å². The third-order valence-electron chi connectivity index (χ3n) is 5.32. The van der Waals surface area contributed by atoms with Crippen molar-refractivity contribution in [1.82, 2.24) is 15.0 Å². The molecule has 0 N–H and O–H groups in total. The standard InChI is InChI=1S/C29H20FN3/c30-26-18-16-25(17-19-26)29-21-31-32-33(29)28(24-14-8-3-9-15-24)20-27(22-10-4-1-5-11-22)23-12-6-2-7-13-23/h1-19,21H. The van der Waals surface area contributed by atoms with Crippen LogP contribution in [0.3, 0.4) is 0 Å². The molecule has 0 saturated heterocycles. The van der Waals surface area contributed by atoms with Crippen LogP contribution >= 0.6 is 0 Å². The molecule has 0 aliphatic rings. The van der Waals surface area contributed by atoms with Gasteiger partial charge in [-0.3, -0.25) is 0 Å². The van der Waals surface area contributed by atoms with Crippen molar-refractivity contribution in [3.63, 3.8) is 0 Å². The van der Waals surface area contributed by atoms with Crippen molar-refractivity contribution in [2.24, 2.45) is 0 Å². The molecule has 0 bridgehead atoms. The number of rotatable bonds is 5. The van der Waals surface area contributed by atoms with Crippen LogP contribution in [0, 0.1) is 5.82 Å². The monoisotopic (exact) mass is 429 g/mol. The molecule has 0 fully saturated rings. The molecule has 158 valence electrons. The van der Waals surface area contributed by atoms with Crippen LogP contribution in [0.5, 0.6) is 0 Å². The molecule has 0 atom stereocenters. The predicted molar refractivity (Wildman–Crippen MR) is 130 cm³/mol. The second-order valence-electron chi connectivity index (χ2n) is 7.48. The van der Waals surface area contributed by atoms with E-state index in [-0.39, 0.29) is 5.82 Å². The molecule has 5 aromatic rings. The zero-order valence-electron chi connectivity index (χ0n) is 17.8. The minimum atomic E-state index is -0.285. The summed E-state index contributed by atoms with van der Waals surface area (Å²) >= 11 is 0. The fourth-order valence-electron chi connectivity index (χ4n) is 3.70. The van der Waals surface area contributed by atoms with E-state index in [1.807, 2.05) is 66.7 Å². The fraction of sp³-hybridized carbons (Fsp3) is 0. The van der Waals surface area contributed by atoms with Crippen molar-refractivity contribution < 1.29 is 4.39 Å². The molecule has 3 nitrogen and oxygen atoms in total. The smallest absolute Gasteiger partial charge is 0.123 e. The van der Waals surface area contributed by atoms with E-state index in [2.05, 4.69) is 40.3 Å². The van der Waals surface area contributed by atoms with E-state index in [0.29, 0.717) is 0 Å². The Morgan fingerprint density at radius 1 is 0.636 bits per heavy atom. The van der Waals surface area contributed by atoms with Gasteiger partial charge in [-0.15, -0.1) is 5.10 Å².